The minimum absolute atomic E-state index is 0.395. The summed E-state index contributed by atoms with van der Waals surface area (Å²) in [5.41, 5.74) is 8.68. The van der Waals surface area contributed by atoms with Crippen LogP contribution in [0, 0.1) is 0 Å². The molecule has 1 aromatic carbocycles. The van der Waals surface area contributed by atoms with E-state index in [9.17, 15) is 0 Å². The van der Waals surface area contributed by atoms with E-state index in [1.807, 2.05) is 36.4 Å². The van der Waals surface area contributed by atoms with E-state index in [0.29, 0.717) is 13.1 Å². The lowest BCUT2D eigenvalue weighted by molar-refractivity contribution is 0.414. The Hall–Kier alpha value is -2.40. The Balaban J connectivity index is 2.00. The van der Waals surface area contributed by atoms with Gasteiger partial charge in [-0.25, -0.2) is 9.97 Å². The first-order valence-corrected chi connectivity index (χ1v) is 6.45. The molecular formula is C15H16N4O. The molecule has 0 saturated heterocycles. The molecule has 0 bridgehead atoms. The van der Waals surface area contributed by atoms with Crippen LogP contribution in [0.2, 0.25) is 0 Å². The standard InChI is InChI=1S/C15H16N4O/c1-20-12-6-4-11(5-7-12)10-19-14(9-16)18-13-3-2-8-17-15(13)19/h2-8H,9-10,16H2,1H3. The van der Waals surface area contributed by atoms with Crippen LogP contribution in [0.25, 0.3) is 11.2 Å². The van der Waals surface area contributed by atoms with Crippen LogP contribution in [-0.4, -0.2) is 21.6 Å². The Kier molecular flexibility index (Phi) is 3.35. The maximum Gasteiger partial charge on any atom is 0.160 e. The van der Waals surface area contributed by atoms with Crippen LogP contribution in [0.3, 0.4) is 0 Å². The molecule has 0 aliphatic rings. The summed E-state index contributed by atoms with van der Waals surface area (Å²) in [7, 11) is 1.66. The van der Waals surface area contributed by atoms with E-state index in [0.717, 1.165) is 28.3 Å². The van der Waals surface area contributed by atoms with Crippen molar-refractivity contribution < 1.29 is 4.74 Å². The van der Waals surface area contributed by atoms with Crippen LogP contribution in [0.5, 0.6) is 5.75 Å². The molecule has 2 aromatic heterocycles. The smallest absolute Gasteiger partial charge is 0.160 e. The zero-order chi connectivity index (χ0) is 13.9. The Morgan fingerprint density at radius 1 is 1.20 bits per heavy atom. The number of benzene rings is 1. The number of aromatic nitrogens is 3. The molecule has 102 valence electrons. The SMILES string of the molecule is COc1ccc(Cn2c(CN)nc3cccnc32)cc1. The minimum Gasteiger partial charge on any atom is -0.497 e. The maximum absolute atomic E-state index is 5.78. The molecular weight excluding hydrogens is 252 g/mol. The number of imidazole rings is 1. The van der Waals surface area contributed by atoms with Gasteiger partial charge >= 0.3 is 0 Å². The number of fused-ring (bicyclic) bond motifs is 1. The molecule has 0 unspecified atom stereocenters. The Morgan fingerprint density at radius 3 is 2.70 bits per heavy atom. The quantitative estimate of drug-likeness (QED) is 0.785. The van der Waals surface area contributed by atoms with E-state index >= 15 is 0 Å². The molecule has 0 radical (unpaired) electrons. The highest BCUT2D eigenvalue weighted by molar-refractivity contribution is 5.71. The molecule has 0 aliphatic carbocycles. The largest absolute Gasteiger partial charge is 0.497 e. The zero-order valence-corrected chi connectivity index (χ0v) is 11.3. The van der Waals surface area contributed by atoms with Gasteiger partial charge in [-0.15, -0.1) is 0 Å². The molecule has 3 rings (SSSR count). The van der Waals surface area contributed by atoms with Gasteiger partial charge in [0.05, 0.1) is 20.2 Å². The zero-order valence-electron chi connectivity index (χ0n) is 11.3. The highest BCUT2D eigenvalue weighted by atomic mass is 16.5. The Labute approximate surface area is 117 Å². The summed E-state index contributed by atoms with van der Waals surface area (Å²) < 4.78 is 7.22. The number of hydrogen-bond acceptors (Lipinski definition) is 4. The Bertz CT molecular complexity index is 718. The maximum atomic E-state index is 5.78. The normalized spacial score (nSPS) is 10.9. The van der Waals surface area contributed by atoms with E-state index in [-0.39, 0.29) is 0 Å². The van der Waals surface area contributed by atoms with Gasteiger partial charge in [0.25, 0.3) is 0 Å². The molecule has 5 heteroatoms. The monoisotopic (exact) mass is 268 g/mol. The number of hydrogen-bond donors (Lipinski definition) is 1. The average Bonchev–Trinajstić information content (AvgIpc) is 2.86. The molecule has 0 aliphatic heterocycles. The average molecular weight is 268 g/mol. The van der Waals surface area contributed by atoms with Gasteiger partial charge in [0.2, 0.25) is 0 Å². The van der Waals surface area contributed by atoms with Crippen molar-refractivity contribution in [3.8, 4) is 5.75 Å². The van der Waals surface area contributed by atoms with Crippen LogP contribution >= 0.6 is 0 Å². The number of methoxy groups -OCH3 is 1. The number of nitrogens with zero attached hydrogens (tertiary/aromatic N) is 3. The topological polar surface area (TPSA) is 66.0 Å². The summed E-state index contributed by atoms with van der Waals surface area (Å²) in [6.07, 6.45) is 1.77. The van der Waals surface area contributed by atoms with Gasteiger partial charge in [-0.05, 0) is 29.8 Å². The first-order chi connectivity index (χ1) is 9.81. The van der Waals surface area contributed by atoms with E-state index in [4.69, 9.17) is 10.5 Å². The van der Waals surface area contributed by atoms with Gasteiger partial charge in [-0.1, -0.05) is 12.1 Å². The third-order valence-corrected chi connectivity index (χ3v) is 3.27. The van der Waals surface area contributed by atoms with E-state index < -0.39 is 0 Å². The Morgan fingerprint density at radius 2 is 2.00 bits per heavy atom. The lowest BCUT2D eigenvalue weighted by Gasteiger charge is -2.08. The number of rotatable bonds is 4. The van der Waals surface area contributed by atoms with Crippen molar-refractivity contribution in [3.63, 3.8) is 0 Å². The van der Waals surface area contributed by atoms with Gasteiger partial charge in [-0.3, -0.25) is 0 Å². The molecule has 2 heterocycles. The van der Waals surface area contributed by atoms with Crippen molar-refractivity contribution in [3.05, 3.63) is 54.0 Å². The summed E-state index contributed by atoms with van der Waals surface area (Å²) in [5.74, 6) is 1.69. The third-order valence-electron chi connectivity index (χ3n) is 3.27. The lowest BCUT2D eigenvalue weighted by Crippen LogP contribution is -2.09. The van der Waals surface area contributed by atoms with Crippen LogP contribution < -0.4 is 10.5 Å². The fourth-order valence-corrected chi connectivity index (χ4v) is 2.24. The second kappa shape index (κ2) is 5.30. The van der Waals surface area contributed by atoms with Crippen molar-refractivity contribution >= 4 is 11.2 Å². The number of ether oxygens (including phenoxy) is 1. The van der Waals surface area contributed by atoms with Gasteiger partial charge in [0, 0.05) is 6.20 Å². The lowest BCUT2D eigenvalue weighted by atomic mass is 10.2. The number of pyridine rings is 1. The van der Waals surface area contributed by atoms with Gasteiger partial charge in [0.15, 0.2) is 5.65 Å². The van der Waals surface area contributed by atoms with Crippen molar-refractivity contribution in [1.29, 1.82) is 0 Å². The second-order valence-corrected chi connectivity index (χ2v) is 4.51. The van der Waals surface area contributed by atoms with Crippen LogP contribution in [0.15, 0.2) is 42.6 Å². The highest BCUT2D eigenvalue weighted by Crippen LogP contribution is 2.17. The van der Waals surface area contributed by atoms with E-state index in [1.165, 1.54) is 0 Å². The summed E-state index contributed by atoms with van der Waals surface area (Å²) in [4.78, 5) is 8.91. The van der Waals surface area contributed by atoms with Crippen LogP contribution in [0.4, 0.5) is 0 Å². The molecule has 5 nitrogen and oxygen atoms in total. The second-order valence-electron chi connectivity index (χ2n) is 4.51. The predicted molar refractivity (Wildman–Crippen MR) is 77.5 cm³/mol. The first-order valence-electron chi connectivity index (χ1n) is 6.45. The molecule has 0 amide bonds. The molecule has 0 atom stereocenters. The molecule has 20 heavy (non-hydrogen) atoms. The highest BCUT2D eigenvalue weighted by Gasteiger charge is 2.10. The van der Waals surface area contributed by atoms with Crippen molar-refractivity contribution in [1.82, 2.24) is 14.5 Å². The van der Waals surface area contributed by atoms with Crippen LogP contribution in [0.1, 0.15) is 11.4 Å². The van der Waals surface area contributed by atoms with E-state index in [1.54, 1.807) is 13.3 Å². The predicted octanol–water partition coefficient (Wildman–Crippen LogP) is 1.95. The van der Waals surface area contributed by atoms with Gasteiger partial charge in [0.1, 0.15) is 17.1 Å². The summed E-state index contributed by atoms with van der Waals surface area (Å²) >= 11 is 0. The summed E-state index contributed by atoms with van der Waals surface area (Å²) in [6.45, 7) is 1.09. The fraction of sp³-hybridized carbons (Fsp3) is 0.200. The molecule has 0 spiro atoms. The van der Waals surface area contributed by atoms with Gasteiger partial charge in [-0.2, -0.15) is 0 Å². The fourth-order valence-electron chi connectivity index (χ4n) is 2.24. The summed E-state index contributed by atoms with van der Waals surface area (Å²) in [5, 5.41) is 0. The molecule has 2 N–H and O–H groups in total. The third kappa shape index (κ3) is 2.23. The van der Waals surface area contributed by atoms with Crippen LogP contribution in [-0.2, 0) is 13.1 Å². The summed E-state index contributed by atoms with van der Waals surface area (Å²) in [6, 6.07) is 11.8. The minimum atomic E-state index is 0.395. The van der Waals surface area contributed by atoms with E-state index in [2.05, 4.69) is 14.5 Å². The number of nitrogens with two attached hydrogens (primary N) is 1. The van der Waals surface area contributed by atoms with Crippen molar-refractivity contribution in [2.24, 2.45) is 5.73 Å². The molecule has 0 saturated carbocycles. The molecule has 3 aromatic rings. The van der Waals surface area contributed by atoms with Gasteiger partial charge < -0.3 is 15.0 Å². The first kappa shape index (κ1) is 12.6. The van der Waals surface area contributed by atoms with Crippen molar-refractivity contribution in [2.75, 3.05) is 7.11 Å². The van der Waals surface area contributed by atoms with Crippen molar-refractivity contribution in [2.45, 2.75) is 13.1 Å². The molecule has 0 fully saturated rings.